The molecular formula is C9H8F3NOS. The summed E-state index contributed by atoms with van der Waals surface area (Å²) in [4.78, 5) is 0. The van der Waals surface area contributed by atoms with E-state index in [9.17, 15) is 13.2 Å². The van der Waals surface area contributed by atoms with E-state index in [1.807, 2.05) is 0 Å². The Labute approximate surface area is 91.7 Å². The van der Waals surface area contributed by atoms with Gasteiger partial charge in [0, 0.05) is 5.56 Å². The molecule has 0 aliphatic heterocycles. The van der Waals surface area contributed by atoms with E-state index in [1.165, 1.54) is 6.92 Å². The summed E-state index contributed by atoms with van der Waals surface area (Å²) in [7, 11) is 0. The smallest absolute Gasteiger partial charge is 0.387 e. The van der Waals surface area contributed by atoms with Crippen molar-refractivity contribution >= 4 is 13.5 Å². The van der Waals surface area contributed by atoms with Gasteiger partial charge in [0.1, 0.15) is 17.6 Å². The van der Waals surface area contributed by atoms with Gasteiger partial charge in [-0.1, -0.05) is 0 Å². The van der Waals surface area contributed by atoms with Crippen molar-refractivity contribution in [1.82, 2.24) is 0 Å². The Morgan fingerprint density at radius 1 is 1.40 bits per heavy atom. The van der Waals surface area contributed by atoms with Gasteiger partial charge >= 0.3 is 6.61 Å². The Bertz CT molecular complexity index is 390. The Morgan fingerprint density at radius 2 is 2.00 bits per heavy atom. The second kappa shape index (κ2) is 5.51. The van der Waals surface area contributed by atoms with Gasteiger partial charge < -0.3 is 4.74 Å². The van der Waals surface area contributed by atoms with Gasteiger partial charge in [-0.05, 0) is 19.1 Å². The number of halogens is 3. The highest BCUT2D eigenvalue weighted by atomic mass is 32.1. The molecule has 0 aromatic heterocycles. The maximum Gasteiger partial charge on any atom is 0.387 e. The number of ether oxygens (including phenoxy) is 1. The molecule has 0 N–H and O–H groups in total. The number of hydrogen-bond acceptors (Lipinski definition) is 2. The molecule has 0 unspecified atom stereocenters. The third-order valence-electron chi connectivity index (χ3n) is 1.69. The van der Waals surface area contributed by atoms with Crippen LogP contribution in [0.3, 0.4) is 0 Å². The topological polar surface area (TPSA) is 33.0 Å². The van der Waals surface area contributed by atoms with E-state index in [0.29, 0.717) is 0 Å². The number of alkyl halides is 2. The van der Waals surface area contributed by atoms with Crippen molar-refractivity contribution in [3.63, 3.8) is 0 Å². The van der Waals surface area contributed by atoms with E-state index in [2.05, 4.69) is 4.74 Å². The number of nitriles is 1. The molecule has 1 rings (SSSR count). The average molecular weight is 235 g/mol. The second-order valence-electron chi connectivity index (χ2n) is 2.54. The normalized spacial score (nSPS) is 9.33. The van der Waals surface area contributed by atoms with Crippen LogP contribution in [0.4, 0.5) is 13.2 Å². The molecule has 1 aromatic rings. The Morgan fingerprint density at radius 3 is 2.47 bits per heavy atom. The summed E-state index contributed by atoms with van der Waals surface area (Å²) < 4.78 is 40.7. The predicted octanol–water partition coefficient (Wildman–Crippen LogP) is 2.72. The highest BCUT2D eigenvalue weighted by molar-refractivity contribution is 7.59. The van der Waals surface area contributed by atoms with Crippen molar-refractivity contribution in [2.24, 2.45) is 0 Å². The summed E-state index contributed by atoms with van der Waals surface area (Å²) in [5, 5.41) is 8.52. The molecule has 15 heavy (non-hydrogen) atoms. The third kappa shape index (κ3) is 3.06. The predicted molar refractivity (Wildman–Crippen MR) is 52.9 cm³/mol. The summed E-state index contributed by atoms with van der Waals surface area (Å²) >= 11 is 0. The largest absolute Gasteiger partial charge is 0.435 e. The standard InChI is InChI=1S/C9H6F3NO.H2S/c1-5-6(4-13)7(10)2-3-8(5)14-9(11)12;/h2-3,9H,1H3;1H2. The lowest BCUT2D eigenvalue weighted by atomic mass is 10.1. The first-order chi connectivity index (χ1) is 6.56. The van der Waals surface area contributed by atoms with Crippen LogP contribution in [-0.2, 0) is 0 Å². The van der Waals surface area contributed by atoms with Crippen LogP contribution in [0, 0.1) is 24.1 Å². The van der Waals surface area contributed by atoms with Crippen LogP contribution < -0.4 is 4.74 Å². The molecule has 0 radical (unpaired) electrons. The van der Waals surface area contributed by atoms with E-state index in [0.717, 1.165) is 12.1 Å². The zero-order chi connectivity index (χ0) is 10.7. The zero-order valence-electron chi connectivity index (χ0n) is 7.72. The maximum absolute atomic E-state index is 12.9. The number of hydrogen-bond donors (Lipinski definition) is 0. The van der Waals surface area contributed by atoms with Crippen LogP contribution in [-0.4, -0.2) is 6.61 Å². The molecule has 0 saturated carbocycles. The molecular weight excluding hydrogens is 227 g/mol. The first-order valence-corrected chi connectivity index (χ1v) is 3.70. The van der Waals surface area contributed by atoms with Crippen LogP contribution in [0.2, 0.25) is 0 Å². The molecule has 0 amide bonds. The molecule has 0 atom stereocenters. The van der Waals surface area contributed by atoms with Crippen molar-refractivity contribution in [2.45, 2.75) is 13.5 Å². The van der Waals surface area contributed by atoms with E-state index in [-0.39, 0.29) is 30.4 Å². The minimum Gasteiger partial charge on any atom is -0.435 e. The third-order valence-corrected chi connectivity index (χ3v) is 1.69. The molecule has 0 fully saturated rings. The van der Waals surface area contributed by atoms with Gasteiger partial charge in [0.05, 0.1) is 5.56 Å². The van der Waals surface area contributed by atoms with Gasteiger partial charge in [0.2, 0.25) is 0 Å². The van der Waals surface area contributed by atoms with Crippen LogP contribution >= 0.6 is 13.5 Å². The Kier molecular flexibility index (Phi) is 5.02. The molecule has 0 bridgehead atoms. The SMILES string of the molecule is Cc1c(OC(F)F)ccc(F)c1C#N.S. The average Bonchev–Trinajstić information content (AvgIpc) is 2.10. The molecule has 6 heteroatoms. The Hall–Kier alpha value is -1.35. The second-order valence-corrected chi connectivity index (χ2v) is 2.54. The number of rotatable bonds is 2. The first kappa shape index (κ1) is 13.7. The lowest BCUT2D eigenvalue weighted by Gasteiger charge is -2.08. The Balaban J connectivity index is 0.00000196. The van der Waals surface area contributed by atoms with Crippen molar-refractivity contribution in [1.29, 1.82) is 5.26 Å². The van der Waals surface area contributed by atoms with Crippen LogP contribution in [0.5, 0.6) is 5.75 Å². The van der Waals surface area contributed by atoms with Crippen LogP contribution in [0.1, 0.15) is 11.1 Å². The molecule has 1 aromatic carbocycles. The number of nitrogens with zero attached hydrogens (tertiary/aromatic N) is 1. The number of benzene rings is 1. The lowest BCUT2D eigenvalue weighted by molar-refractivity contribution is -0.0503. The molecule has 0 heterocycles. The van der Waals surface area contributed by atoms with Gasteiger partial charge in [-0.2, -0.15) is 27.5 Å². The fourth-order valence-electron chi connectivity index (χ4n) is 1.02. The maximum atomic E-state index is 12.9. The fourth-order valence-corrected chi connectivity index (χ4v) is 1.02. The van der Waals surface area contributed by atoms with E-state index in [1.54, 1.807) is 6.07 Å². The monoisotopic (exact) mass is 235 g/mol. The van der Waals surface area contributed by atoms with Gasteiger partial charge in [0.15, 0.2) is 0 Å². The molecule has 0 saturated heterocycles. The highest BCUT2D eigenvalue weighted by Gasteiger charge is 2.13. The molecule has 0 aliphatic carbocycles. The van der Waals surface area contributed by atoms with E-state index in [4.69, 9.17) is 5.26 Å². The van der Waals surface area contributed by atoms with Gasteiger partial charge in [0.25, 0.3) is 0 Å². The minimum absolute atomic E-state index is 0. The summed E-state index contributed by atoms with van der Waals surface area (Å²) in [6.07, 6.45) is 0. The van der Waals surface area contributed by atoms with Crippen LogP contribution in [0.25, 0.3) is 0 Å². The lowest BCUT2D eigenvalue weighted by Crippen LogP contribution is -2.04. The van der Waals surface area contributed by atoms with Crippen molar-refractivity contribution in [3.05, 3.63) is 29.1 Å². The van der Waals surface area contributed by atoms with Gasteiger partial charge in [-0.15, -0.1) is 0 Å². The summed E-state index contributed by atoms with van der Waals surface area (Å²) in [6.45, 7) is -1.63. The minimum atomic E-state index is -2.98. The van der Waals surface area contributed by atoms with Gasteiger partial charge in [-0.3, -0.25) is 0 Å². The summed E-state index contributed by atoms with van der Waals surface area (Å²) in [6, 6.07) is 3.56. The molecule has 82 valence electrons. The zero-order valence-corrected chi connectivity index (χ0v) is 8.72. The van der Waals surface area contributed by atoms with Crippen molar-refractivity contribution < 1.29 is 17.9 Å². The quantitative estimate of drug-likeness (QED) is 0.789. The molecule has 2 nitrogen and oxygen atoms in total. The van der Waals surface area contributed by atoms with Gasteiger partial charge in [-0.25, -0.2) is 4.39 Å². The van der Waals surface area contributed by atoms with E-state index < -0.39 is 12.4 Å². The molecule has 0 spiro atoms. The van der Waals surface area contributed by atoms with Crippen molar-refractivity contribution in [2.75, 3.05) is 0 Å². The molecule has 0 aliphatic rings. The van der Waals surface area contributed by atoms with Crippen molar-refractivity contribution in [3.8, 4) is 11.8 Å². The summed E-state index contributed by atoms with van der Waals surface area (Å²) in [5.74, 6) is -0.926. The summed E-state index contributed by atoms with van der Waals surface area (Å²) in [5.41, 5.74) is -0.198. The first-order valence-electron chi connectivity index (χ1n) is 3.70. The van der Waals surface area contributed by atoms with E-state index >= 15 is 0 Å². The fraction of sp³-hybridized carbons (Fsp3) is 0.222. The van der Waals surface area contributed by atoms with Crippen LogP contribution in [0.15, 0.2) is 12.1 Å². The highest BCUT2D eigenvalue weighted by Crippen LogP contribution is 2.24.